The van der Waals surface area contributed by atoms with Crippen molar-refractivity contribution in [3.63, 3.8) is 0 Å². The summed E-state index contributed by atoms with van der Waals surface area (Å²) in [5, 5.41) is 4.71. The van der Waals surface area contributed by atoms with E-state index in [2.05, 4.69) is 21.2 Å². The topological polar surface area (TPSA) is 75.0 Å². The molecule has 230 valence electrons. The molecular formula is C34H36BBrCl2N2O4. The van der Waals surface area contributed by atoms with Gasteiger partial charge in [-0.25, -0.2) is 0 Å². The third-order valence-electron chi connectivity index (χ3n) is 8.18. The highest BCUT2D eigenvalue weighted by atomic mass is 79.9. The molecule has 44 heavy (non-hydrogen) atoms. The molecular weight excluding hydrogens is 662 g/mol. The Bertz CT molecular complexity index is 1640. The average molecular weight is 698 g/mol. The molecule has 0 unspecified atom stereocenters. The second-order valence-corrected chi connectivity index (χ2v) is 13.7. The van der Waals surface area contributed by atoms with Gasteiger partial charge in [-0.15, -0.1) is 0 Å². The third-order valence-corrected chi connectivity index (χ3v) is 9.26. The zero-order valence-electron chi connectivity index (χ0n) is 25.6. The highest BCUT2D eigenvalue weighted by Gasteiger charge is 2.51. The number of anilines is 3. The van der Waals surface area contributed by atoms with Crippen molar-refractivity contribution in [1.29, 1.82) is 0 Å². The van der Waals surface area contributed by atoms with Crippen molar-refractivity contribution in [3.8, 4) is 11.5 Å². The fourth-order valence-corrected chi connectivity index (χ4v) is 5.39. The third kappa shape index (κ3) is 7.16. The number of rotatable bonds is 9. The summed E-state index contributed by atoms with van der Waals surface area (Å²) in [6.07, 6.45) is -0.567. The number of nitrogens with two attached hydrogens (primary N) is 1. The second-order valence-electron chi connectivity index (χ2n) is 12.0. The van der Waals surface area contributed by atoms with Crippen LogP contribution in [0.5, 0.6) is 11.5 Å². The van der Waals surface area contributed by atoms with Crippen LogP contribution in [0, 0.1) is 0 Å². The van der Waals surface area contributed by atoms with E-state index in [0.717, 1.165) is 26.7 Å². The average Bonchev–Trinajstić information content (AvgIpc) is 3.19. The van der Waals surface area contributed by atoms with Crippen molar-refractivity contribution >= 4 is 68.8 Å². The van der Waals surface area contributed by atoms with E-state index in [1.807, 2.05) is 114 Å². The Hall–Kier alpha value is -2.88. The van der Waals surface area contributed by atoms with Gasteiger partial charge in [-0.2, -0.15) is 0 Å². The Kier molecular flexibility index (Phi) is 9.50. The van der Waals surface area contributed by atoms with Crippen LogP contribution in [0.2, 0.25) is 10.0 Å². The van der Waals surface area contributed by atoms with Crippen LogP contribution in [0.25, 0.3) is 0 Å². The lowest BCUT2D eigenvalue weighted by atomic mass is 9.79. The van der Waals surface area contributed by atoms with E-state index in [4.69, 9.17) is 47.7 Å². The SMILES string of the molecule is C[C@H](Oc1cc(Br)ccc1N)c1ccc(Cl)c(Nc2ccc(B3OC(C)(C)C(C)(C)O3)cc2O[C@@H](C)c2ccc(Cl)cc2)c1. The van der Waals surface area contributed by atoms with E-state index in [0.29, 0.717) is 32.9 Å². The van der Waals surface area contributed by atoms with Crippen LogP contribution in [0.1, 0.15) is 64.9 Å². The molecule has 1 fully saturated rings. The van der Waals surface area contributed by atoms with Crippen LogP contribution in [0.3, 0.4) is 0 Å². The van der Waals surface area contributed by atoms with E-state index in [9.17, 15) is 0 Å². The highest BCUT2D eigenvalue weighted by Crippen LogP contribution is 2.39. The van der Waals surface area contributed by atoms with Gasteiger partial charge in [0, 0.05) is 9.50 Å². The van der Waals surface area contributed by atoms with E-state index in [-0.39, 0.29) is 12.2 Å². The maximum Gasteiger partial charge on any atom is 0.494 e. The molecule has 1 heterocycles. The zero-order chi connectivity index (χ0) is 31.8. The summed E-state index contributed by atoms with van der Waals surface area (Å²) < 4.78 is 26.3. The molecule has 4 aromatic carbocycles. The Morgan fingerprint density at radius 3 is 2.05 bits per heavy atom. The summed E-state index contributed by atoms with van der Waals surface area (Å²) in [6.45, 7) is 12.1. The van der Waals surface area contributed by atoms with Crippen LogP contribution in [0.4, 0.5) is 17.1 Å². The Morgan fingerprint density at radius 2 is 1.36 bits per heavy atom. The van der Waals surface area contributed by atoms with Gasteiger partial charge >= 0.3 is 7.12 Å². The monoisotopic (exact) mass is 696 g/mol. The van der Waals surface area contributed by atoms with Gasteiger partial charge in [0.1, 0.15) is 23.7 Å². The second kappa shape index (κ2) is 12.9. The molecule has 6 nitrogen and oxygen atoms in total. The normalized spacial score (nSPS) is 16.8. The fourth-order valence-electron chi connectivity index (χ4n) is 4.76. The lowest BCUT2D eigenvalue weighted by Crippen LogP contribution is -2.41. The minimum atomic E-state index is -0.544. The molecule has 0 aromatic heterocycles. The maximum atomic E-state index is 6.70. The molecule has 0 spiro atoms. The first-order valence-corrected chi connectivity index (χ1v) is 16.0. The molecule has 0 bridgehead atoms. The van der Waals surface area contributed by atoms with Gasteiger partial charge in [0.15, 0.2) is 0 Å². The lowest BCUT2D eigenvalue weighted by Gasteiger charge is -2.32. The molecule has 10 heteroatoms. The van der Waals surface area contributed by atoms with Crippen molar-refractivity contribution in [3.05, 3.63) is 105 Å². The first-order chi connectivity index (χ1) is 20.7. The van der Waals surface area contributed by atoms with Crippen LogP contribution in [-0.4, -0.2) is 18.3 Å². The molecule has 1 aliphatic heterocycles. The largest absolute Gasteiger partial charge is 0.494 e. The molecule has 0 radical (unpaired) electrons. The lowest BCUT2D eigenvalue weighted by molar-refractivity contribution is 0.00578. The smallest absolute Gasteiger partial charge is 0.484 e. The first kappa shape index (κ1) is 32.5. The molecule has 0 saturated carbocycles. The van der Waals surface area contributed by atoms with Gasteiger partial charge in [-0.1, -0.05) is 63.4 Å². The van der Waals surface area contributed by atoms with E-state index >= 15 is 0 Å². The molecule has 4 aromatic rings. The van der Waals surface area contributed by atoms with Crippen molar-refractivity contribution in [2.24, 2.45) is 0 Å². The predicted octanol–water partition coefficient (Wildman–Crippen LogP) is 9.66. The Morgan fingerprint density at radius 1 is 0.750 bits per heavy atom. The van der Waals surface area contributed by atoms with Crippen LogP contribution < -0.4 is 26.0 Å². The fraction of sp³-hybridized carbons (Fsp3) is 0.294. The van der Waals surface area contributed by atoms with Gasteiger partial charge in [-0.3, -0.25) is 0 Å². The number of benzene rings is 4. The Balaban J connectivity index is 1.45. The standard InChI is InChI=1S/C34H36BBrCl2N2O4/c1-20(22-7-12-26(37)13-8-22)42-32-18-24(35-43-33(3,4)34(5,6)44-35)10-16-29(32)40-30-17-23(9-14-27(30)38)21(2)41-31-19-25(36)11-15-28(31)39/h7-21,40H,39H2,1-6H3/t20-,21-/m0/s1. The van der Waals surface area contributed by atoms with Gasteiger partial charge in [0.05, 0.1) is 33.3 Å². The summed E-state index contributed by atoms with van der Waals surface area (Å²) in [5.41, 5.74) is 9.95. The van der Waals surface area contributed by atoms with Crippen molar-refractivity contribution in [2.75, 3.05) is 11.1 Å². The summed E-state index contributed by atoms with van der Waals surface area (Å²) in [5.74, 6) is 1.22. The number of nitrogens with one attached hydrogen (secondary N) is 1. The minimum Gasteiger partial charge on any atom is -0.484 e. The molecule has 3 N–H and O–H groups in total. The van der Waals surface area contributed by atoms with Crippen molar-refractivity contribution in [1.82, 2.24) is 0 Å². The summed E-state index contributed by atoms with van der Waals surface area (Å²) in [4.78, 5) is 0. The highest BCUT2D eigenvalue weighted by molar-refractivity contribution is 9.10. The molecule has 1 saturated heterocycles. The summed E-state index contributed by atoms with van der Waals surface area (Å²) in [7, 11) is -0.544. The number of nitrogen functional groups attached to an aromatic ring is 1. The minimum absolute atomic E-state index is 0.271. The van der Waals surface area contributed by atoms with Crippen LogP contribution >= 0.6 is 39.1 Å². The summed E-state index contributed by atoms with van der Waals surface area (Å²) >= 11 is 16.3. The maximum absolute atomic E-state index is 6.70. The predicted molar refractivity (Wildman–Crippen MR) is 185 cm³/mol. The van der Waals surface area contributed by atoms with Gasteiger partial charge in [-0.05, 0) is 113 Å². The van der Waals surface area contributed by atoms with Gasteiger partial charge in [0.2, 0.25) is 0 Å². The number of hydrogen-bond acceptors (Lipinski definition) is 6. The van der Waals surface area contributed by atoms with E-state index in [1.54, 1.807) is 6.07 Å². The quantitative estimate of drug-likeness (QED) is 0.134. The number of halogens is 3. The van der Waals surface area contributed by atoms with Crippen molar-refractivity contribution < 1.29 is 18.8 Å². The van der Waals surface area contributed by atoms with Crippen molar-refractivity contribution in [2.45, 2.75) is 65.0 Å². The van der Waals surface area contributed by atoms with Crippen LogP contribution in [-0.2, 0) is 9.31 Å². The molecule has 0 amide bonds. The molecule has 2 atom stereocenters. The first-order valence-electron chi connectivity index (χ1n) is 14.4. The van der Waals surface area contributed by atoms with Crippen LogP contribution in [0.15, 0.2) is 83.3 Å². The Labute approximate surface area is 278 Å². The van der Waals surface area contributed by atoms with E-state index in [1.165, 1.54) is 0 Å². The molecule has 0 aliphatic carbocycles. The van der Waals surface area contributed by atoms with Gasteiger partial charge < -0.3 is 29.8 Å². The molecule has 5 rings (SSSR count). The number of ether oxygens (including phenoxy) is 2. The summed E-state index contributed by atoms with van der Waals surface area (Å²) in [6, 6.07) is 24.8. The zero-order valence-corrected chi connectivity index (χ0v) is 28.7. The van der Waals surface area contributed by atoms with E-state index < -0.39 is 18.3 Å². The number of hydrogen-bond donors (Lipinski definition) is 2. The molecule has 1 aliphatic rings. The van der Waals surface area contributed by atoms with Gasteiger partial charge in [0.25, 0.3) is 0 Å².